The molecule has 1 heterocycles. The van der Waals surface area contributed by atoms with Gasteiger partial charge in [0.1, 0.15) is 0 Å². The molecule has 2 N–H and O–H groups in total. The van der Waals surface area contributed by atoms with E-state index in [-0.39, 0.29) is 23.9 Å². The van der Waals surface area contributed by atoms with Crippen molar-refractivity contribution in [2.45, 2.75) is 44.7 Å². The summed E-state index contributed by atoms with van der Waals surface area (Å²) >= 11 is 0. The van der Waals surface area contributed by atoms with E-state index in [1.807, 2.05) is 19.1 Å². The number of imide groups is 1. The van der Waals surface area contributed by atoms with Crippen LogP contribution < -0.4 is 5.73 Å². The standard InChI is InChI=1S/C15H18N2O2/c1-9-2-7-12-13(8-9)15(19)17(14(12)18)11-5-3-10(16)4-6-11/h2,7-8,10-11H,3-6,16H2,1H3. The van der Waals surface area contributed by atoms with E-state index in [0.29, 0.717) is 11.1 Å². The second-order valence-corrected chi connectivity index (χ2v) is 5.60. The highest BCUT2D eigenvalue weighted by Crippen LogP contribution is 2.31. The van der Waals surface area contributed by atoms with Crippen molar-refractivity contribution in [3.63, 3.8) is 0 Å². The topological polar surface area (TPSA) is 63.4 Å². The van der Waals surface area contributed by atoms with Crippen molar-refractivity contribution in [2.24, 2.45) is 5.73 Å². The highest BCUT2D eigenvalue weighted by molar-refractivity contribution is 6.21. The van der Waals surface area contributed by atoms with Gasteiger partial charge in [-0.2, -0.15) is 0 Å². The molecular weight excluding hydrogens is 240 g/mol. The molecule has 2 amide bonds. The monoisotopic (exact) mass is 258 g/mol. The van der Waals surface area contributed by atoms with Crippen LogP contribution >= 0.6 is 0 Å². The number of nitrogens with two attached hydrogens (primary N) is 1. The maximum absolute atomic E-state index is 12.4. The van der Waals surface area contributed by atoms with Crippen LogP contribution in [0.5, 0.6) is 0 Å². The Kier molecular flexibility index (Phi) is 2.90. The lowest BCUT2D eigenvalue weighted by Gasteiger charge is -2.31. The number of rotatable bonds is 1. The summed E-state index contributed by atoms with van der Waals surface area (Å²) in [4.78, 5) is 26.2. The first-order chi connectivity index (χ1) is 9.08. The number of fused-ring (bicyclic) bond motifs is 1. The van der Waals surface area contributed by atoms with E-state index in [4.69, 9.17) is 5.73 Å². The summed E-state index contributed by atoms with van der Waals surface area (Å²) < 4.78 is 0. The molecule has 1 aromatic carbocycles. The molecule has 1 aliphatic heterocycles. The molecule has 1 aromatic rings. The van der Waals surface area contributed by atoms with Crippen molar-refractivity contribution in [1.29, 1.82) is 0 Å². The first-order valence-electron chi connectivity index (χ1n) is 6.82. The van der Waals surface area contributed by atoms with Gasteiger partial charge in [-0.3, -0.25) is 14.5 Å². The predicted molar refractivity (Wildman–Crippen MR) is 71.9 cm³/mol. The van der Waals surface area contributed by atoms with Crippen LogP contribution in [0, 0.1) is 6.92 Å². The zero-order valence-electron chi connectivity index (χ0n) is 11.1. The van der Waals surface area contributed by atoms with Gasteiger partial charge in [0.25, 0.3) is 11.8 Å². The highest BCUT2D eigenvalue weighted by atomic mass is 16.2. The van der Waals surface area contributed by atoms with E-state index < -0.39 is 0 Å². The van der Waals surface area contributed by atoms with Crippen molar-refractivity contribution < 1.29 is 9.59 Å². The van der Waals surface area contributed by atoms with E-state index in [1.165, 1.54) is 4.90 Å². The van der Waals surface area contributed by atoms with Gasteiger partial charge in [0.15, 0.2) is 0 Å². The fourth-order valence-corrected chi connectivity index (χ4v) is 3.06. The Hall–Kier alpha value is -1.68. The Morgan fingerprint density at radius 1 is 1.05 bits per heavy atom. The third-order valence-electron chi connectivity index (χ3n) is 4.18. The number of aryl methyl sites for hydroxylation is 1. The molecule has 0 unspecified atom stereocenters. The lowest BCUT2D eigenvalue weighted by atomic mass is 9.91. The summed E-state index contributed by atoms with van der Waals surface area (Å²) in [7, 11) is 0. The molecule has 1 fully saturated rings. The number of nitrogens with zero attached hydrogens (tertiary/aromatic N) is 1. The summed E-state index contributed by atoms with van der Waals surface area (Å²) in [6, 6.07) is 5.69. The summed E-state index contributed by atoms with van der Waals surface area (Å²) in [6.07, 6.45) is 3.42. The molecule has 4 nitrogen and oxygen atoms in total. The molecule has 0 atom stereocenters. The fourth-order valence-electron chi connectivity index (χ4n) is 3.06. The molecular formula is C15H18N2O2. The van der Waals surface area contributed by atoms with Gasteiger partial charge in [0.05, 0.1) is 11.1 Å². The summed E-state index contributed by atoms with van der Waals surface area (Å²) in [5.74, 6) is -0.273. The molecule has 0 saturated heterocycles. The van der Waals surface area contributed by atoms with Crippen LogP contribution in [0.3, 0.4) is 0 Å². The second kappa shape index (κ2) is 4.46. The minimum absolute atomic E-state index is 0.0208. The van der Waals surface area contributed by atoms with Crippen molar-refractivity contribution in [3.8, 4) is 0 Å². The lowest BCUT2D eigenvalue weighted by molar-refractivity contribution is 0.0543. The summed E-state index contributed by atoms with van der Waals surface area (Å²) in [5.41, 5.74) is 7.99. The van der Waals surface area contributed by atoms with E-state index in [9.17, 15) is 9.59 Å². The van der Waals surface area contributed by atoms with Gasteiger partial charge in [-0.1, -0.05) is 11.6 Å². The number of hydrogen-bond acceptors (Lipinski definition) is 3. The van der Waals surface area contributed by atoms with Gasteiger partial charge in [0.2, 0.25) is 0 Å². The molecule has 4 heteroatoms. The van der Waals surface area contributed by atoms with Crippen LogP contribution in [0.25, 0.3) is 0 Å². The number of amides is 2. The quantitative estimate of drug-likeness (QED) is 0.782. The summed E-state index contributed by atoms with van der Waals surface area (Å²) in [6.45, 7) is 1.93. The zero-order valence-corrected chi connectivity index (χ0v) is 11.1. The minimum atomic E-state index is -0.138. The van der Waals surface area contributed by atoms with E-state index in [1.54, 1.807) is 6.07 Å². The van der Waals surface area contributed by atoms with Crippen molar-refractivity contribution in [2.75, 3.05) is 0 Å². The molecule has 1 aliphatic carbocycles. The molecule has 0 aromatic heterocycles. The Bertz CT molecular complexity index is 545. The molecule has 0 spiro atoms. The number of benzene rings is 1. The van der Waals surface area contributed by atoms with Crippen molar-refractivity contribution in [1.82, 2.24) is 4.90 Å². The summed E-state index contributed by atoms with van der Waals surface area (Å²) in [5, 5.41) is 0. The zero-order chi connectivity index (χ0) is 13.6. The average Bonchev–Trinajstić information content (AvgIpc) is 2.63. The molecule has 1 saturated carbocycles. The first kappa shape index (κ1) is 12.4. The van der Waals surface area contributed by atoms with Gasteiger partial charge < -0.3 is 5.73 Å². The van der Waals surface area contributed by atoms with Crippen LogP contribution in [0.4, 0.5) is 0 Å². The maximum atomic E-state index is 12.4. The first-order valence-corrected chi connectivity index (χ1v) is 6.82. The molecule has 2 aliphatic rings. The van der Waals surface area contributed by atoms with Crippen LogP contribution in [-0.4, -0.2) is 28.8 Å². The smallest absolute Gasteiger partial charge is 0.261 e. The average molecular weight is 258 g/mol. The number of carbonyl (C=O) groups excluding carboxylic acids is 2. The highest BCUT2D eigenvalue weighted by Gasteiger charge is 2.40. The van der Waals surface area contributed by atoms with E-state index in [2.05, 4.69) is 0 Å². The minimum Gasteiger partial charge on any atom is -0.328 e. The normalized spacial score (nSPS) is 26.7. The lowest BCUT2D eigenvalue weighted by Crippen LogP contribution is -2.43. The molecule has 3 rings (SSSR count). The third kappa shape index (κ3) is 1.96. The fraction of sp³-hybridized carbons (Fsp3) is 0.467. The number of hydrogen-bond donors (Lipinski definition) is 1. The van der Waals surface area contributed by atoms with Crippen LogP contribution in [0.2, 0.25) is 0 Å². The molecule has 19 heavy (non-hydrogen) atoms. The van der Waals surface area contributed by atoms with Crippen molar-refractivity contribution >= 4 is 11.8 Å². The molecule has 100 valence electrons. The van der Waals surface area contributed by atoms with Crippen LogP contribution in [0.15, 0.2) is 18.2 Å². The Morgan fingerprint density at radius 2 is 1.68 bits per heavy atom. The van der Waals surface area contributed by atoms with Gasteiger partial charge in [0, 0.05) is 12.1 Å². The van der Waals surface area contributed by atoms with E-state index in [0.717, 1.165) is 31.2 Å². The molecule has 0 bridgehead atoms. The van der Waals surface area contributed by atoms with Crippen LogP contribution in [0.1, 0.15) is 52.0 Å². The van der Waals surface area contributed by atoms with Gasteiger partial charge in [-0.25, -0.2) is 0 Å². The Balaban J connectivity index is 1.90. The van der Waals surface area contributed by atoms with Crippen molar-refractivity contribution in [3.05, 3.63) is 34.9 Å². The predicted octanol–water partition coefficient (Wildman–Crippen LogP) is 1.86. The second-order valence-electron chi connectivity index (χ2n) is 5.60. The van der Waals surface area contributed by atoms with Gasteiger partial charge in [-0.05, 0) is 44.7 Å². The maximum Gasteiger partial charge on any atom is 0.261 e. The van der Waals surface area contributed by atoms with E-state index >= 15 is 0 Å². The third-order valence-corrected chi connectivity index (χ3v) is 4.18. The van der Waals surface area contributed by atoms with Gasteiger partial charge >= 0.3 is 0 Å². The van der Waals surface area contributed by atoms with Crippen LogP contribution in [-0.2, 0) is 0 Å². The Morgan fingerprint density at radius 3 is 2.37 bits per heavy atom. The number of carbonyl (C=O) groups is 2. The SMILES string of the molecule is Cc1ccc2c(c1)C(=O)N(C1CCC(N)CC1)C2=O. The largest absolute Gasteiger partial charge is 0.328 e. The Labute approximate surface area is 112 Å². The van der Waals surface area contributed by atoms with Gasteiger partial charge in [-0.15, -0.1) is 0 Å². The molecule has 0 radical (unpaired) electrons.